The van der Waals surface area contributed by atoms with Crippen LogP contribution in [0.25, 0.3) is 0 Å². The van der Waals surface area contributed by atoms with Gasteiger partial charge < -0.3 is 25.2 Å². The molecule has 6 heteroatoms. The van der Waals surface area contributed by atoms with Gasteiger partial charge in [-0.1, -0.05) is 0 Å². The van der Waals surface area contributed by atoms with Crippen LogP contribution >= 0.6 is 0 Å². The van der Waals surface area contributed by atoms with Gasteiger partial charge in [0.05, 0.1) is 12.7 Å². The van der Waals surface area contributed by atoms with E-state index in [-0.39, 0.29) is 0 Å². The van der Waals surface area contributed by atoms with Crippen LogP contribution in [0.5, 0.6) is 0 Å². The smallest absolute Gasteiger partial charge is 0.407 e. The maximum Gasteiger partial charge on any atom is 0.407 e. The Kier molecular flexibility index (Phi) is 8.70. The summed E-state index contributed by atoms with van der Waals surface area (Å²) < 4.78 is 9.89. The van der Waals surface area contributed by atoms with Crippen molar-refractivity contribution in [3.05, 3.63) is 0 Å². The molecule has 0 bridgehead atoms. The van der Waals surface area contributed by atoms with Crippen molar-refractivity contribution in [3.63, 3.8) is 0 Å². The number of ether oxygens (including phenoxy) is 2. The molecule has 0 radical (unpaired) electrons. The van der Waals surface area contributed by atoms with Gasteiger partial charge in [0, 0.05) is 20.2 Å². The zero-order valence-electron chi connectivity index (χ0n) is 11.8. The first-order valence-electron chi connectivity index (χ1n) is 6.19. The van der Waals surface area contributed by atoms with E-state index < -0.39 is 17.8 Å². The van der Waals surface area contributed by atoms with E-state index in [4.69, 9.17) is 9.47 Å². The summed E-state index contributed by atoms with van der Waals surface area (Å²) in [5.74, 6) is 0. The summed E-state index contributed by atoms with van der Waals surface area (Å²) in [5.41, 5.74) is -0.470. The number of alkyl carbamates (subject to hydrolysis) is 1. The minimum absolute atomic E-state index is 0.345. The van der Waals surface area contributed by atoms with E-state index in [0.717, 1.165) is 0 Å². The Morgan fingerprint density at radius 3 is 2.50 bits per heavy atom. The Bertz CT molecular complexity index is 229. The molecule has 0 fully saturated rings. The van der Waals surface area contributed by atoms with Crippen molar-refractivity contribution < 1.29 is 19.4 Å². The first-order chi connectivity index (χ1) is 8.35. The number of aliphatic hydroxyl groups is 1. The molecule has 108 valence electrons. The third kappa shape index (κ3) is 11.6. The molecule has 0 saturated heterocycles. The molecule has 0 rings (SSSR count). The molecule has 18 heavy (non-hydrogen) atoms. The molecule has 0 saturated carbocycles. The molecule has 0 aromatic rings. The zero-order valence-corrected chi connectivity index (χ0v) is 11.8. The second-order valence-electron chi connectivity index (χ2n) is 5.08. The van der Waals surface area contributed by atoms with Gasteiger partial charge in [0.15, 0.2) is 0 Å². The monoisotopic (exact) mass is 262 g/mol. The molecule has 6 nitrogen and oxygen atoms in total. The van der Waals surface area contributed by atoms with Crippen molar-refractivity contribution in [3.8, 4) is 0 Å². The number of aliphatic hydroxyl groups excluding tert-OH is 1. The van der Waals surface area contributed by atoms with Gasteiger partial charge in [0.2, 0.25) is 0 Å². The molecule has 0 aliphatic rings. The Morgan fingerprint density at radius 2 is 1.94 bits per heavy atom. The predicted octanol–water partition coefficient (Wildman–Crippen LogP) is 0.498. The number of nitrogens with one attached hydrogen (secondary N) is 2. The molecule has 1 amide bonds. The normalized spacial score (nSPS) is 13.2. The van der Waals surface area contributed by atoms with Crippen molar-refractivity contribution in [1.82, 2.24) is 10.6 Å². The topological polar surface area (TPSA) is 79.8 Å². The fraction of sp³-hybridized carbons (Fsp3) is 0.917. The van der Waals surface area contributed by atoms with Gasteiger partial charge >= 0.3 is 6.09 Å². The van der Waals surface area contributed by atoms with Crippen LogP contribution in [-0.2, 0) is 9.47 Å². The average molecular weight is 262 g/mol. The number of rotatable bonds is 8. The van der Waals surface area contributed by atoms with Crippen LogP contribution in [0.15, 0.2) is 0 Å². The number of hydrogen-bond donors (Lipinski definition) is 3. The quantitative estimate of drug-likeness (QED) is 0.555. The van der Waals surface area contributed by atoms with Crippen molar-refractivity contribution in [2.45, 2.75) is 38.9 Å². The summed E-state index contributed by atoms with van der Waals surface area (Å²) in [6.07, 6.45) is -0.231. The molecule has 0 aliphatic carbocycles. The Labute approximate surface area is 109 Å². The average Bonchev–Trinajstić information content (AvgIpc) is 2.21. The van der Waals surface area contributed by atoms with E-state index in [1.54, 1.807) is 7.11 Å². The van der Waals surface area contributed by atoms with E-state index in [1.165, 1.54) is 0 Å². The lowest BCUT2D eigenvalue weighted by atomic mass is 10.2. The van der Waals surface area contributed by atoms with E-state index >= 15 is 0 Å². The fourth-order valence-electron chi connectivity index (χ4n) is 1.24. The molecule has 0 heterocycles. The van der Waals surface area contributed by atoms with Crippen molar-refractivity contribution in [2.75, 3.05) is 33.4 Å². The first-order valence-corrected chi connectivity index (χ1v) is 6.19. The molecule has 0 aromatic carbocycles. The van der Waals surface area contributed by atoms with Gasteiger partial charge in [0.25, 0.3) is 0 Å². The number of carbonyl (C=O) groups excluding carboxylic acids is 1. The lowest BCUT2D eigenvalue weighted by Crippen LogP contribution is -2.37. The minimum Gasteiger partial charge on any atom is -0.444 e. The molecule has 1 unspecified atom stereocenters. The highest BCUT2D eigenvalue weighted by Gasteiger charge is 2.15. The lowest BCUT2D eigenvalue weighted by molar-refractivity contribution is 0.0525. The lowest BCUT2D eigenvalue weighted by Gasteiger charge is -2.19. The number of hydrogen-bond acceptors (Lipinski definition) is 5. The number of methoxy groups -OCH3 is 1. The second-order valence-corrected chi connectivity index (χ2v) is 5.08. The molecular formula is C12H26N2O4. The summed E-state index contributed by atoms with van der Waals surface area (Å²) in [5, 5.41) is 15.1. The minimum atomic E-state index is -0.470. The molecule has 1 atom stereocenters. The maximum atomic E-state index is 11.3. The molecule has 3 N–H and O–H groups in total. The van der Waals surface area contributed by atoms with Crippen molar-refractivity contribution in [1.29, 1.82) is 0 Å². The highest BCUT2D eigenvalue weighted by atomic mass is 16.6. The Hall–Kier alpha value is -0.850. The SMILES string of the molecule is COCC(O)CCNCCNC(=O)OC(C)(C)C. The van der Waals surface area contributed by atoms with Crippen molar-refractivity contribution in [2.24, 2.45) is 0 Å². The largest absolute Gasteiger partial charge is 0.444 e. The highest BCUT2D eigenvalue weighted by molar-refractivity contribution is 5.67. The number of carbonyl (C=O) groups is 1. The van der Waals surface area contributed by atoms with Crippen LogP contribution in [0.4, 0.5) is 4.79 Å². The van der Waals surface area contributed by atoms with E-state index in [1.807, 2.05) is 20.8 Å². The van der Waals surface area contributed by atoms with Gasteiger partial charge in [-0.3, -0.25) is 0 Å². The van der Waals surface area contributed by atoms with Crippen LogP contribution in [0.2, 0.25) is 0 Å². The Morgan fingerprint density at radius 1 is 1.28 bits per heavy atom. The molecular weight excluding hydrogens is 236 g/mol. The summed E-state index contributed by atoms with van der Waals surface area (Å²) >= 11 is 0. The molecule has 0 spiro atoms. The van der Waals surface area contributed by atoms with Crippen LogP contribution in [0.1, 0.15) is 27.2 Å². The van der Waals surface area contributed by atoms with Crippen LogP contribution < -0.4 is 10.6 Å². The summed E-state index contributed by atoms with van der Waals surface area (Å²) in [4.78, 5) is 11.3. The third-order valence-corrected chi connectivity index (χ3v) is 1.98. The first kappa shape index (κ1) is 17.2. The van der Waals surface area contributed by atoms with Gasteiger partial charge in [-0.15, -0.1) is 0 Å². The van der Waals surface area contributed by atoms with E-state index in [2.05, 4.69) is 10.6 Å². The predicted molar refractivity (Wildman–Crippen MR) is 69.6 cm³/mol. The second kappa shape index (κ2) is 9.13. The fourth-order valence-corrected chi connectivity index (χ4v) is 1.24. The maximum absolute atomic E-state index is 11.3. The summed E-state index contributed by atoms with van der Waals surface area (Å²) in [6.45, 7) is 7.62. The third-order valence-electron chi connectivity index (χ3n) is 1.98. The number of amides is 1. The standard InChI is InChI=1S/C12H26N2O4/c1-12(2,3)18-11(16)14-8-7-13-6-5-10(15)9-17-4/h10,13,15H,5-9H2,1-4H3,(H,14,16). The zero-order chi connectivity index (χ0) is 14.0. The van der Waals surface area contributed by atoms with E-state index in [0.29, 0.717) is 32.7 Å². The summed E-state index contributed by atoms with van der Waals surface area (Å²) in [7, 11) is 1.56. The highest BCUT2D eigenvalue weighted by Crippen LogP contribution is 2.05. The Balaban J connectivity index is 3.38. The van der Waals surface area contributed by atoms with Crippen molar-refractivity contribution >= 4 is 6.09 Å². The van der Waals surface area contributed by atoms with E-state index in [9.17, 15) is 9.90 Å². The molecule has 0 aromatic heterocycles. The van der Waals surface area contributed by atoms with Gasteiger partial charge in [-0.25, -0.2) is 4.79 Å². The van der Waals surface area contributed by atoms with Gasteiger partial charge in [0.1, 0.15) is 5.60 Å². The van der Waals surface area contributed by atoms with Gasteiger partial charge in [-0.05, 0) is 33.7 Å². The summed E-state index contributed by atoms with van der Waals surface area (Å²) in [6, 6.07) is 0. The van der Waals surface area contributed by atoms with Gasteiger partial charge in [-0.2, -0.15) is 0 Å². The van der Waals surface area contributed by atoms with Crippen LogP contribution in [0.3, 0.4) is 0 Å². The molecule has 0 aliphatic heterocycles. The van der Waals surface area contributed by atoms with Crippen LogP contribution in [0, 0.1) is 0 Å². The van der Waals surface area contributed by atoms with Crippen LogP contribution in [-0.4, -0.2) is 56.3 Å².